The maximum Gasteiger partial charge on any atom is 0.337 e. The van der Waals surface area contributed by atoms with Crippen molar-refractivity contribution >= 4 is 17.9 Å². The van der Waals surface area contributed by atoms with Crippen LogP contribution in [0, 0.1) is 29.1 Å². The molecule has 7 nitrogen and oxygen atoms in total. The maximum atomic E-state index is 13.7. The Morgan fingerprint density at radius 1 is 0.514 bits per heavy atom. The van der Waals surface area contributed by atoms with Crippen molar-refractivity contribution in [3.63, 3.8) is 0 Å². The molecule has 4 N–H and O–H groups in total. The van der Waals surface area contributed by atoms with Crippen LogP contribution in [0.2, 0.25) is 0 Å². The molecule has 0 radical (unpaired) electrons. The largest absolute Gasteiger partial charge is 0.481 e. The molecule has 0 spiro atoms. The van der Waals surface area contributed by atoms with Crippen LogP contribution in [-0.4, -0.2) is 43.9 Å². The lowest BCUT2D eigenvalue weighted by molar-refractivity contribution is -0.230. The normalized spacial score (nSPS) is 25.2. The second-order valence-electron chi connectivity index (χ2n) is 12.3. The SMILES string of the molecule is O=C(O)C(C1CCCCCCC1)C(O)(C(=O)O)C(C(=O)O)(C1CCCCCCC1)C1CCCCCCC1. The molecule has 0 bridgehead atoms. The van der Waals surface area contributed by atoms with Gasteiger partial charge in [-0.05, 0) is 56.3 Å². The predicted molar refractivity (Wildman–Crippen MR) is 141 cm³/mol. The average molecular weight is 523 g/mol. The molecular formula is C30H50O7. The first-order valence-electron chi connectivity index (χ1n) is 15.2. The molecule has 2 atom stereocenters. The highest BCUT2D eigenvalue weighted by Gasteiger charge is 2.72. The van der Waals surface area contributed by atoms with Crippen molar-refractivity contribution in [3.05, 3.63) is 0 Å². The molecular weight excluding hydrogens is 472 g/mol. The van der Waals surface area contributed by atoms with E-state index in [1.54, 1.807) is 0 Å². The van der Waals surface area contributed by atoms with E-state index >= 15 is 0 Å². The lowest BCUT2D eigenvalue weighted by Crippen LogP contribution is -2.70. The first-order chi connectivity index (χ1) is 17.8. The minimum absolute atomic E-state index is 0.511. The van der Waals surface area contributed by atoms with E-state index in [0.29, 0.717) is 38.5 Å². The van der Waals surface area contributed by atoms with Gasteiger partial charge in [-0.2, -0.15) is 0 Å². The number of carboxylic acids is 3. The van der Waals surface area contributed by atoms with Crippen molar-refractivity contribution in [2.75, 3.05) is 0 Å². The number of hydrogen-bond donors (Lipinski definition) is 4. The van der Waals surface area contributed by atoms with Crippen molar-refractivity contribution in [2.24, 2.45) is 29.1 Å². The highest BCUT2D eigenvalue weighted by molar-refractivity contribution is 5.94. The summed E-state index contributed by atoms with van der Waals surface area (Å²) in [5.41, 5.74) is -4.90. The Bertz CT molecular complexity index is 719. The van der Waals surface area contributed by atoms with E-state index in [2.05, 4.69) is 0 Å². The van der Waals surface area contributed by atoms with Gasteiger partial charge in [-0.25, -0.2) is 4.79 Å². The summed E-state index contributed by atoms with van der Waals surface area (Å²) < 4.78 is 0. The predicted octanol–water partition coefficient (Wildman–Crippen LogP) is 6.66. The highest BCUT2D eigenvalue weighted by atomic mass is 16.4. The number of hydrogen-bond acceptors (Lipinski definition) is 4. The average Bonchev–Trinajstić information content (AvgIpc) is 2.77. The molecule has 3 fully saturated rings. The summed E-state index contributed by atoms with van der Waals surface area (Å²) >= 11 is 0. The summed E-state index contributed by atoms with van der Waals surface area (Å²) in [5.74, 6) is -7.65. The minimum Gasteiger partial charge on any atom is -0.481 e. The molecule has 0 heterocycles. The van der Waals surface area contributed by atoms with E-state index in [1.165, 1.54) is 0 Å². The van der Waals surface area contributed by atoms with Crippen LogP contribution in [0.3, 0.4) is 0 Å². The van der Waals surface area contributed by atoms with Gasteiger partial charge in [-0.15, -0.1) is 0 Å². The quantitative estimate of drug-likeness (QED) is 0.280. The number of carboxylic acid groups (broad SMARTS) is 3. The third kappa shape index (κ3) is 6.34. The van der Waals surface area contributed by atoms with E-state index < -0.39 is 52.6 Å². The molecule has 212 valence electrons. The van der Waals surface area contributed by atoms with Crippen molar-refractivity contribution in [1.29, 1.82) is 0 Å². The van der Waals surface area contributed by atoms with Crippen LogP contribution in [0.25, 0.3) is 0 Å². The summed E-state index contributed by atoms with van der Waals surface area (Å²) in [5, 5.41) is 45.2. The number of aliphatic hydroxyl groups is 1. The second-order valence-corrected chi connectivity index (χ2v) is 12.3. The molecule has 0 aromatic carbocycles. The summed E-state index contributed by atoms with van der Waals surface area (Å²) in [6.07, 6.45) is 16.7. The molecule has 37 heavy (non-hydrogen) atoms. The first kappa shape index (κ1) is 29.9. The fourth-order valence-corrected chi connectivity index (χ4v) is 8.40. The van der Waals surface area contributed by atoms with E-state index in [1.807, 2.05) is 0 Å². The van der Waals surface area contributed by atoms with Gasteiger partial charge < -0.3 is 20.4 Å². The zero-order chi connectivity index (χ0) is 26.9. The molecule has 2 unspecified atom stereocenters. The first-order valence-corrected chi connectivity index (χ1v) is 15.2. The summed E-state index contributed by atoms with van der Waals surface area (Å²) in [4.78, 5) is 40.0. The molecule has 0 aromatic rings. The summed E-state index contributed by atoms with van der Waals surface area (Å²) in [6, 6.07) is 0. The lowest BCUT2D eigenvalue weighted by atomic mass is 9.48. The topological polar surface area (TPSA) is 132 Å². The Morgan fingerprint density at radius 2 is 0.838 bits per heavy atom. The van der Waals surface area contributed by atoms with Gasteiger partial charge >= 0.3 is 17.9 Å². The molecule has 0 aromatic heterocycles. The van der Waals surface area contributed by atoms with Gasteiger partial charge in [0, 0.05) is 0 Å². The Balaban J connectivity index is 2.24. The van der Waals surface area contributed by atoms with E-state index in [0.717, 1.165) is 96.3 Å². The van der Waals surface area contributed by atoms with Gasteiger partial charge in [0.25, 0.3) is 0 Å². The van der Waals surface area contributed by atoms with Crippen LogP contribution in [0.1, 0.15) is 135 Å². The van der Waals surface area contributed by atoms with E-state index in [4.69, 9.17) is 0 Å². The summed E-state index contributed by atoms with van der Waals surface area (Å²) in [6.45, 7) is 0. The van der Waals surface area contributed by atoms with Crippen molar-refractivity contribution < 1.29 is 34.8 Å². The zero-order valence-electron chi connectivity index (χ0n) is 22.7. The minimum atomic E-state index is -2.87. The van der Waals surface area contributed by atoms with Crippen molar-refractivity contribution in [2.45, 2.75) is 140 Å². The summed E-state index contributed by atoms with van der Waals surface area (Å²) in [7, 11) is 0. The number of aliphatic carboxylic acids is 3. The van der Waals surface area contributed by atoms with Gasteiger partial charge in [0.05, 0.1) is 0 Å². The van der Waals surface area contributed by atoms with Crippen LogP contribution in [-0.2, 0) is 14.4 Å². The zero-order valence-corrected chi connectivity index (χ0v) is 22.7. The Kier molecular flexibility index (Phi) is 11.3. The van der Waals surface area contributed by atoms with Gasteiger partial charge in [-0.1, -0.05) is 96.3 Å². The number of rotatable bonds is 8. The van der Waals surface area contributed by atoms with Crippen LogP contribution >= 0.6 is 0 Å². The van der Waals surface area contributed by atoms with E-state index in [9.17, 15) is 34.8 Å². The van der Waals surface area contributed by atoms with Crippen LogP contribution in [0.5, 0.6) is 0 Å². The van der Waals surface area contributed by atoms with Crippen LogP contribution < -0.4 is 0 Å². The lowest BCUT2D eigenvalue weighted by Gasteiger charge is -2.54. The van der Waals surface area contributed by atoms with Crippen LogP contribution in [0.4, 0.5) is 0 Å². The molecule has 3 aliphatic rings. The highest BCUT2D eigenvalue weighted by Crippen LogP contribution is 2.58. The standard InChI is InChI=1S/C30H50O7/c31-26(32)25(22-16-10-4-1-5-11-17-22)30(37,28(35)36)29(27(33)34,23-18-12-6-2-7-13-19-23)24-20-14-8-3-9-15-21-24/h22-25,37H,1-21H2,(H,31,32)(H,33,34)(H,35,36). The molecule has 0 saturated heterocycles. The molecule has 0 amide bonds. The molecule has 0 aliphatic heterocycles. The maximum absolute atomic E-state index is 13.7. The van der Waals surface area contributed by atoms with Crippen LogP contribution in [0.15, 0.2) is 0 Å². The van der Waals surface area contributed by atoms with E-state index in [-0.39, 0.29) is 0 Å². The molecule has 3 rings (SSSR count). The third-order valence-electron chi connectivity index (χ3n) is 10.1. The van der Waals surface area contributed by atoms with Gasteiger partial charge in [-0.3, -0.25) is 9.59 Å². The second kappa shape index (κ2) is 14.0. The van der Waals surface area contributed by atoms with Crippen molar-refractivity contribution in [3.8, 4) is 0 Å². The van der Waals surface area contributed by atoms with Gasteiger partial charge in [0.15, 0.2) is 5.60 Å². The Morgan fingerprint density at radius 3 is 1.14 bits per heavy atom. The third-order valence-corrected chi connectivity index (χ3v) is 10.1. The van der Waals surface area contributed by atoms with Gasteiger partial charge in [0.1, 0.15) is 11.3 Å². The Hall–Kier alpha value is -1.63. The molecule has 3 saturated carbocycles. The van der Waals surface area contributed by atoms with Gasteiger partial charge in [0.2, 0.25) is 0 Å². The molecule has 7 heteroatoms. The molecule has 3 aliphatic carbocycles. The fraction of sp³-hybridized carbons (Fsp3) is 0.900. The number of carbonyl (C=O) groups is 3. The van der Waals surface area contributed by atoms with Crippen molar-refractivity contribution in [1.82, 2.24) is 0 Å². The Labute approximate surface area is 222 Å². The fourth-order valence-electron chi connectivity index (χ4n) is 8.40. The monoisotopic (exact) mass is 522 g/mol. The smallest absolute Gasteiger partial charge is 0.337 e.